The van der Waals surface area contributed by atoms with Gasteiger partial charge in [-0.2, -0.15) is 0 Å². The Morgan fingerprint density at radius 3 is 2.71 bits per heavy atom. The van der Waals surface area contributed by atoms with E-state index in [-0.39, 0.29) is 5.97 Å². The number of ether oxygens (including phenoxy) is 1. The summed E-state index contributed by atoms with van der Waals surface area (Å²) < 4.78 is 4.72. The fraction of sp³-hybridized carbons (Fsp3) is 0.700. The Kier molecular flexibility index (Phi) is 3.03. The van der Waals surface area contributed by atoms with Crippen LogP contribution in [0, 0.1) is 0 Å². The van der Waals surface area contributed by atoms with E-state index in [1.165, 1.54) is 38.4 Å². The molecule has 4 heteroatoms. The van der Waals surface area contributed by atoms with E-state index in [1.54, 1.807) is 0 Å². The average molecular weight is 196 g/mol. The molecule has 0 aromatic rings. The molecule has 0 amide bonds. The summed E-state index contributed by atoms with van der Waals surface area (Å²) >= 11 is 0. The highest BCUT2D eigenvalue weighted by Gasteiger charge is 2.16. The zero-order chi connectivity index (χ0) is 9.80. The Balaban J connectivity index is 1.58. The molecule has 0 aromatic carbocycles. The molecule has 0 aliphatic carbocycles. The third-order valence-corrected chi connectivity index (χ3v) is 2.64. The first kappa shape index (κ1) is 9.52. The van der Waals surface area contributed by atoms with Gasteiger partial charge in [0, 0.05) is 13.1 Å². The standard InChI is InChI=1S/C10H16N2O2/c13-10-8-9(14-10)11-4-7-12-5-2-1-3-6-12/h8,11H,1-7H2. The summed E-state index contributed by atoms with van der Waals surface area (Å²) in [7, 11) is 0. The van der Waals surface area contributed by atoms with Crippen molar-refractivity contribution in [1.29, 1.82) is 0 Å². The van der Waals surface area contributed by atoms with Crippen LogP contribution in [0.2, 0.25) is 0 Å². The molecule has 2 heterocycles. The molecule has 0 radical (unpaired) electrons. The first-order valence-electron chi connectivity index (χ1n) is 5.24. The number of hydrogen-bond donors (Lipinski definition) is 1. The van der Waals surface area contributed by atoms with E-state index in [2.05, 4.69) is 10.2 Å². The molecule has 1 fully saturated rings. The van der Waals surface area contributed by atoms with E-state index < -0.39 is 0 Å². The molecule has 0 saturated carbocycles. The smallest absolute Gasteiger partial charge is 0.342 e. The number of hydrogen-bond acceptors (Lipinski definition) is 4. The van der Waals surface area contributed by atoms with Crippen LogP contribution in [-0.4, -0.2) is 37.0 Å². The van der Waals surface area contributed by atoms with Gasteiger partial charge >= 0.3 is 5.97 Å². The highest BCUT2D eigenvalue weighted by Crippen LogP contribution is 2.08. The molecule has 0 bridgehead atoms. The summed E-state index contributed by atoms with van der Waals surface area (Å²) in [4.78, 5) is 12.9. The van der Waals surface area contributed by atoms with Crippen molar-refractivity contribution in [3.8, 4) is 0 Å². The van der Waals surface area contributed by atoms with Crippen molar-refractivity contribution in [3.05, 3.63) is 12.0 Å². The van der Waals surface area contributed by atoms with Gasteiger partial charge in [-0.05, 0) is 25.9 Å². The van der Waals surface area contributed by atoms with Crippen LogP contribution < -0.4 is 5.32 Å². The van der Waals surface area contributed by atoms with Crippen molar-refractivity contribution in [2.45, 2.75) is 19.3 Å². The highest BCUT2D eigenvalue weighted by molar-refractivity contribution is 5.88. The first-order valence-corrected chi connectivity index (χ1v) is 5.24. The summed E-state index contributed by atoms with van der Waals surface area (Å²) in [6.07, 6.45) is 5.48. The van der Waals surface area contributed by atoms with Gasteiger partial charge in [0.05, 0.1) is 6.08 Å². The van der Waals surface area contributed by atoms with Gasteiger partial charge in [-0.3, -0.25) is 0 Å². The lowest BCUT2D eigenvalue weighted by Crippen LogP contribution is -2.37. The van der Waals surface area contributed by atoms with Crippen LogP contribution in [0.5, 0.6) is 0 Å². The van der Waals surface area contributed by atoms with Gasteiger partial charge < -0.3 is 15.0 Å². The molecule has 0 spiro atoms. The largest absolute Gasteiger partial charge is 0.406 e. The minimum Gasteiger partial charge on any atom is -0.406 e. The predicted octanol–water partition coefficient (Wildman–Crippen LogP) is 0.460. The highest BCUT2D eigenvalue weighted by atomic mass is 16.6. The first-order chi connectivity index (χ1) is 6.84. The maximum Gasteiger partial charge on any atom is 0.342 e. The van der Waals surface area contributed by atoms with E-state index in [1.807, 2.05) is 0 Å². The van der Waals surface area contributed by atoms with Crippen molar-refractivity contribution in [1.82, 2.24) is 10.2 Å². The number of nitrogens with zero attached hydrogens (tertiary/aromatic N) is 1. The second kappa shape index (κ2) is 4.46. The lowest BCUT2D eigenvalue weighted by Gasteiger charge is -2.27. The minimum atomic E-state index is -0.245. The molecular formula is C10H16N2O2. The number of carbonyl (C=O) groups is 1. The minimum absolute atomic E-state index is 0.245. The zero-order valence-corrected chi connectivity index (χ0v) is 8.29. The van der Waals surface area contributed by atoms with Gasteiger partial charge in [0.25, 0.3) is 0 Å². The van der Waals surface area contributed by atoms with Gasteiger partial charge in [0.2, 0.25) is 5.88 Å². The molecule has 1 saturated heterocycles. The van der Waals surface area contributed by atoms with Gasteiger partial charge in [-0.25, -0.2) is 4.79 Å². The summed E-state index contributed by atoms with van der Waals surface area (Å²) in [5, 5.41) is 3.07. The van der Waals surface area contributed by atoms with Crippen molar-refractivity contribution in [3.63, 3.8) is 0 Å². The number of likely N-dealkylation sites (tertiary alicyclic amines) is 1. The van der Waals surface area contributed by atoms with Gasteiger partial charge in [0.15, 0.2) is 0 Å². The Morgan fingerprint density at radius 1 is 1.36 bits per heavy atom. The van der Waals surface area contributed by atoms with E-state index in [0.717, 1.165) is 13.1 Å². The Bertz CT molecular complexity index is 245. The lowest BCUT2D eigenvalue weighted by atomic mass is 10.1. The molecular weight excluding hydrogens is 180 g/mol. The number of nitrogens with one attached hydrogen (secondary N) is 1. The van der Waals surface area contributed by atoms with Gasteiger partial charge in [-0.15, -0.1) is 0 Å². The molecule has 0 aromatic heterocycles. The second-order valence-corrected chi connectivity index (χ2v) is 3.76. The molecule has 0 unspecified atom stereocenters. The Morgan fingerprint density at radius 2 is 2.07 bits per heavy atom. The van der Waals surface area contributed by atoms with Crippen LogP contribution in [0.4, 0.5) is 0 Å². The van der Waals surface area contributed by atoms with Crippen LogP contribution >= 0.6 is 0 Å². The SMILES string of the molecule is O=C1C=C(NCCN2CCCCC2)O1. The van der Waals surface area contributed by atoms with Crippen LogP contribution in [0.3, 0.4) is 0 Å². The third kappa shape index (κ3) is 2.48. The number of esters is 1. The van der Waals surface area contributed by atoms with Crippen LogP contribution in [0.25, 0.3) is 0 Å². The van der Waals surface area contributed by atoms with E-state index in [9.17, 15) is 4.79 Å². The zero-order valence-electron chi connectivity index (χ0n) is 8.29. The maximum absolute atomic E-state index is 10.4. The number of carbonyl (C=O) groups excluding carboxylic acids is 1. The van der Waals surface area contributed by atoms with Gasteiger partial charge in [-0.1, -0.05) is 6.42 Å². The normalized spacial score (nSPS) is 22.3. The topological polar surface area (TPSA) is 41.6 Å². The number of piperidine rings is 1. The monoisotopic (exact) mass is 196 g/mol. The summed E-state index contributed by atoms with van der Waals surface area (Å²) in [5.41, 5.74) is 0. The Labute approximate surface area is 83.9 Å². The fourth-order valence-electron chi connectivity index (χ4n) is 1.82. The van der Waals surface area contributed by atoms with Crippen LogP contribution in [-0.2, 0) is 9.53 Å². The molecule has 0 atom stereocenters. The van der Waals surface area contributed by atoms with E-state index in [4.69, 9.17) is 4.74 Å². The Hall–Kier alpha value is -1.03. The van der Waals surface area contributed by atoms with Crippen LogP contribution in [0.15, 0.2) is 12.0 Å². The molecule has 4 nitrogen and oxygen atoms in total. The number of rotatable bonds is 4. The van der Waals surface area contributed by atoms with Crippen molar-refractivity contribution >= 4 is 5.97 Å². The van der Waals surface area contributed by atoms with Crippen LogP contribution in [0.1, 0.15) is 19.3 Å². The van der Waals surface area contributed by atoms with E-state index in [0.29, 0.717) is 5.88 Å². The van der Waals surface area contributed by atoms with Crippen molar-refractivity contribution < 1.29 is 9.53 Å². The summed E-state index contributed by atoms with van der Waals surface area (Å²) in [6, 6.07) is 0. The molecule has 2 aliphatic heterocycles. The molecule has 1 N–H and O–H groups in total. The quantitative estimate of drug-likeness (QED) is 0.663. The molecule has 78 valence electrons. The molecule has 2 aliphatic rings. The van der Waals surface area contributed by atoms with E-state index >= 15 is 0 Å². The second-order valence-electron chi connectivity index (χ2n) is 3.76. The maximum atomic E-state index is 10.4. The number of cyclic esters (lactones) is 1. The fourth-order valence-corrected chi connectivity index (χ4v) is 1.82. The average Bonchev–Trinajstić information content (AvgIpc) is 2.17. The van der Waals surface area contributed by atoms with Gasteiger partial charge in [0.1, 0.15) is 0 Å². The molecule has 2 rings (SSSR count). The third-order valence-electron chi connectivity index (χ3n) is 2.64. The van der Waals surface area contributed by atoms with Crippen molar-refractivity contribution in [2.24, 2.45) is 0 Å². The summed E-state index contributed by atoms with van der Waals surface area (Å²) in [6.45, 7) is 4.31. The van der Waals surface area contributed by atoms with Crippen molar-refractivity contribution in [2.75, 3.05) is 26.2 Å². The summed E-state index contributed by atoms with van der Waals surface area (Å²) in [5.74, 6) is 0.373. The molecule has 14 heavy (non-hydrogen) atoms. The lowest BCUT2D eigenvalue weighted by molar-refractivity contribution is -0.139. The predicted molar refractivity (Wildman–Crippen MR) is 52.5 cm³/mol.